The number of carbonyl (C=O) groups is 1. The summed E-state index contributed by atoms with van der Waals surface area (Å²) < 4.78 is 2.31. The summed E-state index contributed by atoms with van der Waals surface area (Å²) in [6.07, 6.45) is 1.95. The van der Waals surface area contributed by atoms with Gasteiger partial charge in [0.1, 0.15) is 10.7 Å². The Balaban J connectivity index is 2.20. The number of carboxylic acid groups (broad SMARTS) is 1. The normalized spacial score (nSPS) is 14.6. The maximum absolute atomic E-state index is 11.4. The smallest absolute Gasteiger partial charge is 0.340 e. The highest BCUT2D eigenvalue weighted by Gasteiger charge is 2.34. The van der Waals surface area contributed by atoms with Crippen LogP contribution < -0.4 is 0 Å². The Bertz CT molecular complexity index is 665. The number of benzene rings is 1. The topological polar surface area (TPSA) is 55.1 Å². The number of hydrogen-bond donors (Lipinski definition) is 1. The average molecular weight is 342 g/mol. The lowest BCUT2D eigenvalue weighted by Crippen LogP contribution is -2.00. The second kappa shape index (κ2) is 4.65. The Morgan fingerprint density at radius 1 is 1.42 bits per heavy atom. The van der Waals surface area contributed by atoms with Gasteiger partial charge >= 0.3 is 5.97 Å². The molecule has 1 aliphatic carbocycles. The molecule has 1 aliphatic rings. The number of rotatable bonds is 3. The van der Waals surface area contributed by atoms with E-state index in [1.165, 1.54) is 4.68 Å². The summed E-state index contributed by atoms with van der Waals surface area (Å²) in [6, 6.07) is 7.44. The van der Waals surface area contributed by atoms with Gasteiger partial charge in [-0.05, 0) is 40.9 Å². The van der Waals surface area contributed by atoms with Crippen molar-refractivity contribution in [1.82, 2.24) is 9.78 Å². The van der Waals surface area contributed by atoms with Crippen LogP contribution in [0.5, 0.6) is 0 Å². The van der Waals surface area contributed by atoms with Gasteiger partial charge in [0.05, 0.1) is 11.4 Å². The lowest BCUT2D eigenvalue weighted by Gasteiger charge is -2.05. The van der Waals surface area contributed by atoms with Crippen LogP contribution in [0.15, 0.2) is 28.7 Å². The fourth-order valence-corrected chi connectivity index (χ4v) is 2.80. The fourth-order valence-electron chi connectivity index (χ4n) is 2.04. The standard InChI is InChI=1S/C13H10BrClN2O2/c14-8-3-1-2-4-9(8)17-12(15)10(13(18)19)11(16-17)7-5-6-7/h1-4,7H,5-6H2,(H,18,19). The summed E-state index contributed by atoms with van der Waals surface area (Å²) in [5.41, 5.74) is 1.45. The van der Waals surface area contributed by atoms with Gasteiger partial charge in [0.25, 0.3) is 0 Å². The van der Waals surface area contributed by atoms with Crippen molar-refractivity contribution in [1.29, 1.82) is 0 Å². The molecule has 0 bridgehead atoms. The van der Waals surface area contributed by atoms with Gasteiger partial charge in [-0.25, -0.2) is 9.48 Å². The minimum Gasteiger partial charge on any atom is -0.478 e. The molecule has 4 nitrogen and oxygen atoms in total. The molecule has 19 heavy (non-hydrogen) atoms. The van der Waals surface area contributed by atoms with E-state index in [2.05, 4.69) is 21.0 Å². The molecular weight excluding hydrogens is 332 g/mol. The minimum atomic E-state index is -1.02. The largest absolute Gasteiger partial charge is 0.478 e. The molecular formula is C13H10BrClN2O2. The molecule has 0 unspecified atom stereocenters. The van der Waals surface area contributed by atoms with E-state index in [0.29, 0.717) is 5.69 Å². The van der Waals surface area contributed by atoms with E-state index in [4.69, 9.17) is 11.6 Å². The first kappa shape index (κ1) is 12.7. The van der Waals surface area contributed by atoms with Crippen molar-refractivity contribution in [3.63, 3.8) is 0 Å². The lowest BCUT2D eigenvalue weighted by molar-refractivity contribution is 0.0696. The van der Waals surface area contributed by atoms with E-state index in [1.54, 1.807) is 0 Å². The summed E-state index contributed by atoms with van der Waals surface area (Å²) in [5, 5.41) is 13.9. The van der Waals surface area contributed by atoms with Crippen molar-refractivity contribution < 1.29 is 9.90 Å². The quantitative estimate of drug-likeness (QED) is 0.922. The average Bonchev–Trinajstić information content (AvgIpc) is 3.14. The van der Waals surface area contributed by atoms with Crippen molar-refractivity contribution in [2.75, 3.05) is 0 Å². The summed E-state index contributed by atoms with van der Waals surface area (Å²) in [5.74, 6) is -0.794. The van der Waals surface area contributed by atoms with Gasteiger partial charge < -0.3 is 5.11 Å². The van der Waals surface area contributed by atoms with Gasteiger partial charge in [-0.3, -0.25) is 0 Å². The van der Waals surface area contributed by atoms with Crippen LogP contribution in [0.3, 0.4) is 0 Å². The molecule has 0 radical (unpaired) electrons. The highest BCUT2D eigenvalue weighted by Crippen LogP contribution is 2.43. The van der Waals surface area contributed by atoms with Crippen LogP contribution in [0.4, 0.5) is 0 Å². The van der Waals surface area contributed by atoms with E-state index >= 15 is 0 Å². The Morgan fingerprint density at radius 2 is 2.11 bits per heavy atom. The predicted molar refractivity (Wildman–Crippen MR) is 75.2 cm³/mol. The highest BCUT2D eigenvalue weighted by atomic mass is 79.9. The zero-order valence-electron chi connectivity index (χ0n) is 9.81. The van der Waals surface area contributed by atoms with Crippen LogP contribution in [0.25, 0.3) is 5.69 Å². The van der Waals surface area contributed by atoms with Crippen molar-refractivity contribution in [3.05, 3.63) is 45.1 Å². The van der Waals surface area contributed by atoms with Crippen molar-refractivity contribution in [3.8, 4) is 5.69 Å². The van der Waals surface area contributed by atoms with E-state index in [9.17, 15) is 9.90 Å². The number of aromatic nitrogens is 2. The molecule has 1 saturated carbocycles. The summed E-state index contributed by atoms with van der Waals surface area (Å²) in [7, 11) is 0. The molecule has 0 atom stereocenters. The molecule has 0 aliphatic heterocycles. The van der Waals surface area contributed by atoms with Crippen molar-refractivity contribution >= 4 is 33.5 Å². The van der Waals surface area contributed by atoms with Crippen molar-refractivity contribution in [2.45, 2.75) is 18.8 Å². The van der Waals surface area contributed by atoms with Crippen LogP contribution in [0.1, 0.15) is 34.8 Å². The van der Waals surface area contributed by atoms with E-state index in [0.717, 1.165) is 23.0 Å². The van der Waals surface area contributed by atoms with Crippen molar-refractivity contribution in [2.24, 2.45) is 0 Å². The van der Waals surface area contributed by atoms with Crippen LogP contribution >= 0.6 is 27.5 Å². The van der Waals surface area contributed by atoms with Crippen LogP contribution in [0, 0.1) is 0 Å². The first-order valence-corrected chi connectivity index (χ1v) is 7.03. The molecule has 0 saturated heterocycles. The molecule has 1 heterocycles. The zero-order chi connectivity index (χ0) is 13.6. The number of halogens is 2. The van der Waals surface area contributed by atoms with E-state index in [-0.39, 0.29) is 16.6 Å². The second-order valence-electron chi connectivity index (χ2n) is 4.49. The Hall–Kier alpha value is -1.33. The Labute approximate surface area is 123 Å². The third kappa shape index (κ3) is 2.17. The van der Waals surface area contributed by atoms with E-state index in [1.807, 2.05) is 24.3 Å². The molecule has 2 aromatic rings. The van der Waals surface area contributed by atoms with Crippen LogP contribution in [-0.4, -0.2) is 20.9 Å². The molecule has 0 spiro atoms. The Kier molecular flexibility index (Phi) is 3.11. The maximum atomic E-state index is 11.4. The van der Waals surface area contributed by atoms with E-state index < -0.39 is 5.97 Å². The minimum absolute atomic E-state index is 0.125. The predicted octanol–water partition coefficient (Wildman–Crippen LogP) is 3.86. The molecule has 0 amide bonds. The van der Waals surface area contributed by atoms with Gasteiger partial charge in [0.2, 0.25) is 0 Å². The fraction of sp³-hybridized carbons (Fsp3) is 0.231. The van der Waals surface area contributed by atoms with Gasteiger partial charge in [-0.2, -0.15) is 5.10 Å². The molecule has 3 rings (SSSR count). The molecule has 1 aromatic heterocycles. The number of hydrogen-bond acceptors (Lipinski definition) is 2. The van der Waals surface area contributed by atoms with Gasteiger partial charge in [-0.15, -0.1) is 0 Å². The summed E-state index contributed by atoms with van der Waals surface area (Å²) in [6.45, 7) is 0. The maximum Gasteiger partial charge on any atom is 0.340 e. The molecule has 1 aromatic carbocycles. The number of nitrogens with zero attached hydrogens (tertiary/aromatic N) is 2. The number of aromatic carboxylic acids is 1. The number of carboxylic acids is 1. The third-order valence-corrected chi connectivity index (χ3v) is 4.13. The number of para-hydroxylation sites is 1. The highest BCUT2D eigenvalue weighted by molar-refractivity contribution is 9.10. The molecule has 1 N–H and O–H groups in total. The SMILES string of the molecule is O=C(O)c1c(C2CC2)nn(-c2ccccc2Br)c1Cl. The van der Waals surface area contributed by atoms with Crippen LogP contribution in [-0.2, 0) is 0 Å². The molecule has 98 valence electrons. The first-order chi connectivity index (χ1) is 9.09. The molecule has 6 heteroatoms. The Morgan fingerprint density at radius 3 is 2.68 bits per heavy atom. The molecule has 1 fully saturated rings. The van der Waals surface area contributed by atoms with Crippen LogP contribution in [0.2, 0.25) is 5.15 Å². The van der Waals surface area contributed by atoms with Gasteiger partial charge in [-0.1, -0.05) is 23.7 Å². The monoisotopic (exact) mass is 340 g/mol. The second-order valence-corrected chi connectivity index (χ2v) is 5.71. The first-order valence-electron chi connectivity index (χ1n) is 5.86. The lowest BCUT2D eigenvalue weighted by atomic mass is 10.2. The zero-order valence-corrected chi connectivity index (χ0v) is 12.1. The van der Waals surface area contributed by atoms with Gasteiger partial charge in [0.15, 0.2) is 0 Å². The van der Waals surface area contributed by atoms with Gasteiger partial charge in [0, 0.05) is 10.4 Å². The third-order valence-electron chi connectivity index (χ3n) is 3.11. The summed E-state index contributed by atoms with van der Waals surface area (Å²) in [4.78, 5) is 11.4. The summed E-state index contributed by atoms with van der Waals surface area (Å²) >= 11 is 9.63.